The van der Waals surface area contributed by atoms with Crippen LogP contribution in [0.4, 0.5) is 0 Å². The van der Waals surface area contributed by atoms with E-state index in [1.165, 1.54) is 5.57 Å². The molecule has 23 heavy (non-hydrogen) atoms. The maximum absolute atomic E-state index is 12.3. The molecule has 5 heteroatoms. The molecule has 1 saturated heterocycles. The summed E-state index contributed by atoms with van der Waals surface area (Å²) in [5.41, 5.74) is 2.11. The van der Waals surface area contributed by atoms with E-state index in [4.69, 9.17) is 4.52 Å². The molecule has 0 unspecified atom stereocenters. The van der Waals surface area contributed by atoms with Gasteiger partial charge < -0.3 is 9.84 Å². The van der Waals surface area contributed by atoms with Crippen LogP contribution in [-0.4, -0.2) is 42.1 Å². The maximum atomic E-state index is 12.3. The van der Waals surface area contributed by atoms with Gasteiger partial charge in [0.2, 0.25) is 5.76 Å². The van der Waals surface area contributed by atoms with Crippen molar-refractivity contribution in [2.45, 2.75) is 20.3 Å². The lowest BCUT2D eigenvalue weighted by Gasteiger charge is -2.16. The monoisotopic (exact) mass is 313 g/mol. The molecule has 5 nitrogen and oxygen atoms in total. The van der Waals surface area contributed by atoms with Crippen molar-refractivity contribution >= 4 is 16.8 Å². The van der Waals surface area contributed by atoms with Crippen molar-refractivity contribution < 1.29 is 9.32 Å². The van der Waals surface area contributed by atoms with Crippen LogP contribution in [0.5, 0.6) is 0 Å². The maximum Gasteiger partial charge on any atom is 0.290 e. The smallest absolute Gasteiger partial charge is 0.290 e. The van der Waals surface area contributed by atoms with Crippen LogP contribution < -0.4 is 5.32 Å². The molecule has 2 heterocycles. The van der Waals surface area contributed by atoms with E-state index in [0.29, 0.717) is 23.7 Å². The van der Waals surface area contributed by atoms with Gasteiger partial charge in [-0.1, -0.05) is 28.9 Å². The Morgan fingerprint density at radius 2 is 2.30 bits per heavy atom. The second-order valence-corrected chi connectivity index (χ2v) is 6.26. The van der Waals surface area contributed by atoms with Crippen LogP contribution in [0.25, 0.3) is 10.9 Å². The SMILES string of the molecule is C/C=C(\C)CN1CC[C@@H](CNC(=O)c2onc3ccccc23)C1. The molecule has 1 amide bonds. The predicted molar refractivity (Wildman–Crippen MR) is 90.3 cm³/mol. The molecular formula is C18H23N3O2. The van der Waals surface area contributed by atoms with Crippen molar-refractivity contribution in [2.75, 3.05) is 26.2 Å². The lowest BCUT2D eigenvalue weighted by Crippen LogP contribution is -2.31. The van der Waals surface area contributed by atoms with Crippen LogP contribution in [0.1, 0.15) is 30.8 Å². The minimum atomic E-state index is -0.179. The van der Waals surface area contributed by atoms with Crippen molar-refractivity contribution in [3.63, 3.8) is 0 Å². The molecule has 1 N–H and O–H groups in total. The fourth-order valence-electron chi connectivity index (χ4n) is 3.04. The average Bonchev–Trinajstić information content (AvgIpc) is 3.19. The molecule has 1 atom stereocenters. The molecule has 0 spiro atoms. The zero-order valence-corrected chi connectivity index (χ0v) is 13.7. The molecule has 0 saturated carbocycles. The largest absolute Gasteiger partial charge is 0.350 e. The minimum absolute atomic E-state index is 0.179. The Kier molecular flexibility index (Phi) is 4.76. The van der Waals surface area contributed by atoms with Gasteiger partial charge in [-0.05, 0) is 44.9 Å². The van der Waals surface area contributed by atoms with E-state index in [9.17, 15) is 4.79 Å². The molecule has 1 aromatic heterocycles. The first kappa shape index (κ1) is 15.7. The summed E-state index contributed by atoms with van der Waals surface area (Å²) in [6.07, 6.45) is 3.28. The zero-order valence-electron chi connectivity index (χ0n) is 13.7. The average molecular weight is 313 g/mol. The van der Waals surface area contributed by atoms with Gasteiger partial charge in [0.15, 0.2) is 0 Å². The van der Waals surface area contributed by atoms with Crippen molar-refractivity contribution in [1.29, 1.82) is 0 Å². The highest BCUT2D eigenvalue weighted by atomic mass is 16.5. The number of hydrogen-bond acceptors (Lipinski definition) is 4. The highest BCUT2D eigenvalue weighted by Crippen LogP contribution is 2.19. The third-order valence-corrected chi connectivity index (χ3v) is 4.48. The fourth-order valence-corrected chi connectivity index (χ4v) is 3.04. The number of likely N-dealkylation sites (tertiary alicyclic amines) is 1. The second kappa shape index (κ2) is 6.96. The number of fused-ring (bicyclic) bond motifs is 1. The molecule has 1 aliphatic heterocycles. The van der Waals surface area contributed by atoms with Crippen molar-refractivity contribution in [2.24, 2.45) is 5.92 Å². The van der Waals surface area contributed by atoms with Crippen molar-refractivity contribution in [3.8, 4) is 0 Å². The third kappa shape index (κ3) is 3.62. The number of benzene rings is 1. The standard InChI is InChI=1S/C18H23N3O2/c1-3-13(2)11-21-9-8-14(12-21)10-19-18(22)17-15-6-4-5-7-16(15)20-23-17/h3-7,14H,8-12H2,1-2H3,(H,19,22)/b13-3+/t14-/m0/s1. The number of nitrogens with one attached hydrogen (secondary N) is 1. The first-order chi connectivity index (χ1) is 11.2. The Labute approximate surface area is 136 Å². The van der Waals surface area contributed by atoms with E-state index in [2.05, 4.69) is 35.3 Å². The van der Waals surface area contributed by atoms with Crippen LogP contribution in [0.3, 0.4) is 0 Å². The van der Waals surface area contributed by atoms with Gasteiger partial charge in [0.25, 0.3) is 5.91 Å². The van der Waals surface area contributed by atoms with Gasteiger partial charge in [-0.3, -0.25) is 9.69 Å². The molecule has 122 valence electrons. The normalized spacial score (nSPS) is 19.4. The molecule has 1 fully saturated rings. The summed E-state index contributed by atoms with van der Waals surface area (Å²) in [6.45, 7) is 8.06. The minimum Gasteiger partial charge on any atom is -0.350 e. The lowest BCUT2D eigenvalue weighted by molar-refractivity contribution is 0.0913. The van der Waals surface area contributed by atoms with Gasteiger partial charge >= 0.3 is 0 Å². The van der Waals surface area contributed by atoms with Crippen LogP contribution in [-0.2, 0) is 0 Å². The molecular weight excluding hydrogens is 290 g/mol. The number of amides is 1. The van der Waals surface area contributed by atoms with Crippen LogP contribution in [0.2, 0.25) is 0 Å². The number of hydrogen-bond donors (Lipinski definition) is 1. The van der Waals surface area contributed by atoms with Gasteiger partial charge in [0.1, 0.15) is 5.52 Å². The molecule has 1 aromatic carbocycles. The van der Waals surface area contributed by atoms with Gasteiger partial charge in [0, 0.05) is 19.6 Å². The summed E-state index contributed by atoms with van der Waals surface area (Å²) in [5, 5.41) is 7.68. The zero-order chi connectivity index (χ0) is 16.2. The van der Waals surface area contributed by atoms with E-state index in [1.54, 1.807) is 0 Å². The van der Waals surface area contributed by atoms with Crippen molar-refractivity contribution in [1.82, 2.24) is 15.4 Å². The van der Waals surface area contributed by atoms with E-state index in [0.717, 1.165) is 31.4 Å². The molecule has 0 bridgehead atoms. The van der Waals surface area contributed by atoms with E-state index in [-0.39, 0.29) is 5.91 Å². The Morgan fingerprint density at radius 3 is 3.13 bits per heavy atom. The second-order valence-electron chi connectivity index (χ2n) is 6.26. The number of carbonyl (C=O) groups is 1. The van der Waals surface area contributed by atoms with Gasteiger partial charge in [-0.25, -0.2) is 0 Å². The summed E-state index contributed by atoms with van der Waals surface area (Å²) in [4.78, 5) is 14.8. The number of carbonyl (C=O) groups excluding carboxylic acids is 1. The Bertz CT molecular complexity index is 720. The highest BCUT2D eigenvalue weighted by Gasteiger charge is 2.24. The van der Waals surface area contributed by atoms with Crippen LogP contribution in [0, 0.1) is 5.92 Å². The van der Waals surface area contributed by atoms with Crippen LogP contribution >= 0.6 is 0 Å². The van der Waals surface area contributed by atoms with E-state index >= 15 is 0 Å². The Balaban J connectivity index is 1.54. The summed E-state index contributed by atoms with van der Waals surface area (Å²) < 4.78 is 5.20. The van der Waals surface area contributed by atoms with Gasteiger partial charge in [0.05, 0.1) is 5.39 Å². The molecule has 2 aromatic rings. The number of allylic oxidation sites excluding steroid dienone is 1. The molecule has 3 rings (SSSR count). The quantitative estimate of drug-likeness (QED) is 0.862. The van der Waals surface area contributed by atoms with Crippen molar-refractivity contribution in [3.05, 3.63) is 41.7 Å². The topological polar surface area (TPSA) is 58.4 Å². The highest BCUT2D eigenvalue weighted by molar-refractivity contribution is 6.03. The predicted octanol–water partition coefficient (Wildman–Crippen LogP) is 2.85. The fraction of sp³-hybridized carbons (Fsp3) is 0.444. The summed E-state index contributed by atoms with van der Waals surface area (Å²) in [6, 6.07) is 7.47. The first-order valence-corrected chi connectivity index (χ1v) is 8.14. The Hall–Kier alpha value is -2.14. The van der Waals surface area contributed by atoms with Gasteiger partial charge in [-0.15, -0.1) is 0 Å². The summed E-state index contributed by atoms with van der Waals surface area (Å²) >= 11 is 0. The molecule has 0 radical (unpaired) electrons. The third-order valence-electron chi connectivity index (χ3n) is 4.48. The lowest BCUT2D eigenvalue weighted by atomic mass is 10.1. The molecule has 1 aliphatic rings. The number of rotatable bonds is 5. The first-order valence-electron chi connectivity index (χ1n) is 8.14. The van der Waals surface area contributed by atoms with Gasteiger partial charge in [-0.2, -0.15) is 0 Å². The summed E-state index contributed by atoms with van der Waals surface area (Å²) in [5.74, 6) is 0.625. The van der Waals surface area contributed by atoms with E-state index < -0.39 is 0 Å². The molecule has 0 aliphatic carbocycles. The number of aromatic nitrogens is 1. The number of nitrogens with zero attached hydrogens (tertiary/aromatic N) is 2. The summed E-state index contributed by atoms with van der Waals surface area (Å²) in [7, 11) is 0. The Morgan fingerprint density at radius 1 is 1.48 bits per heavy atom. The van der Waals surface area contributed by atoms with Crippen LogP contribution in [0.15, 0.2) is 40.4 Å². The van der Waals surface area contributed by atoms with E-state index in [1.807, 2.05) is 24.3 Å².